The topological polar surface area (TPSA) is 89.7 Å². The van der Waals surface area contributed by atoms with Crippen molar-refractivity contribution in [2.75, 3.05) is 26.0 Å². The molecule has 24 heavy (non-hydrogen) atoms. The van der Waals surface area contributed by atoms with Crippen LogP contribution >= 0.6 is 0 Å². The Labute approximate surface area is 143 Å². The van der Waals surface area contributed by atoms with Gasteiger partial charge in [-0.15, -0.1) is 0 Å². The molecule has 1 amide bonds. The molecular formula is C17H26N2O4S. The van der Waals surface area contributed by atoms with E-state index in [0.717, 1.165) is 31.5 Å². The van der Waals surface area contributed by atoms with Crippen LogP contribution in [0.3, 0.4) is 0 Å². The van der Waals surface area contributed by atoms with Crippen molar-refractivity contribution < 1.29 is 17.9 Å². The number of nitrogens with two attached hydrogens (primary N) is 1. The molecule has 1 aliphatic rings. The van der Waals surface area contributed by atoms with Crippen molar-refractivity contribution >= 4 is 15.7 Å². The number of amides is 1. The fraction of sp³-hybridized carbons (Fsp3) is 0.588. The maximum Gasteiger partial charge on any atom is 0.252 e. The smallest absolute Gasteiger partial charge is 0.252 e. The van der Waals surface area contributed by atoms with Crippen molar-refractivity contribution in [2.24, 2.45) is 5.73 Å². The normalized spacial score (nSPS) is 18.7. The maximum atomic E-state index is 12.3. The molecule has 1 atom stereocenters. The molecule has 134 valence electrons. The number of rotatable bonds is 7. The summed E-state index contributed by atoms with van der Waals surface area (Å²) in [7, 11) is -1.95. The Kier molecular flexibility index (Phi) is 5.87. The van der Waals surface area contributed by atoms with E-state index in [1.54, 1.807) is 13.0 Å². The number of carbonyl (C=O) groups is 1. The molecule has 0 saturated carbocycles. The molecule has 1 unspecified atom stereocenters. The minimum atomic E-state index is -3.43. The Hall–Kier alpha value is -1.60. The van der Waals surface area contributed by atoms with Crippen molar-refractivity contribution in [1.82, 2.24) is 4.90 Å². The van der Waals surface area contributed by atoms with Crippen molar-refractivity contribution in [3.05, 3.63) is 23.3 Å². The van der Waals surface area contributed by atoms with Gasteiger partial charge in [-0.3, -0.25) is 4.79 Å². The van der Waals surface area contributed by atoms with E-state index in [0.29, 0.717) is 18.2 Å². The first-order valence-electron chi connectivity index (χ1n) is 8.31. The number of likely N-dealkylation sites (tertiary alicyclic amines) is 1. The predicted octanol–water partition coefficient (Wildman–Crippen LogP) is 1.61. The molecule has 0 spiro atoms. The molecule has 7 heteroatoms. The van der Waals surface area contributed by atoms with Crippen molar-refractivity contribution in [2.45, 2.75) is 44.0 Å². The third kappa shape index (κ3) is 3.72. The van der Waals surface area contributed by atoms with Gasteiger partial charge in [0.2, 0.25) is 0 Å². The van der Waals surface area contributed by atoms with E-state index >= 15 is 0 Å². The fourth-order valence-corrected chi connectivity index (χ4v) is 4.33. The summed E-state index contributed by atoms with van der Waals surface area (Å²) in [6, 6.07) is 3.29. The summed E-state index contributed by atoms with van der Waals surface area (Å²) >= 11 is 0. The number of nitrogens with zero attached hydrogens (tertiary/aromatic N) is 1. The first-order valence-corrected chi connectivity index (χ1v) is 9.96. The van der Waals surface area contributed by atoms with Crippen molar-refractivity contribution in [3.63, 3.8) is 0 Å². The maximum absolute atomic E-state index is 12.3. The Balaban J connectivity index is 2.53. The Bertz CT molecular complexity index is 716. The molecule has 2 N–H and O–H groups in total. The van der Waals surface area contributed by atoms with Gasteiger partial charge in [-0.25, -0.2) is 8.42 Å². The molecule has 1 heterocycles. The molecule has 0 aliphatic carbocycles. The van der Waals surface area contributed by atoms with Crippen LogP contribution in [-0.4, -0.2) is 51.2 Å². The van der Waals surface area contributed by atoms with E-state index in [1.165, 1.54) is 13.2 Å². The van der Waals surface area contributed by atoms with Crippen LogP contribution < -0.4 is 10.5 Å². The third-order valence-electron chi connectivity index (χ3n) is 4.71. The van der Waals surface area contributed by atoms with Crippen LogP contribution in [0.25, 0.3) is 0 Å². The van der Waals surface area contributed by atoms with Crippen molar-refractivity contribution in [1.29, 1.82) is 0 Å². The number of likely N-dealkylation sites (N-methyl/N-ethyl adjacent to an activating group) is 1. The Morgan fingerprint density at radius 1 is 1.38 bits per heavy atom. The third-order valence-corrected chi connectivity index (χ3v) is 6.42. The molecule has 1 aliphatic heterocycles. The monoisotopic (exact) mass is 354 g/mol. The number of methoxy groups -OCH3 is 1. The molecule has 2 rings (SSSR count). The number of benzene rings is 1. The number of carbonyl (C=O) groups excluding carboxylic acids is 1. The second kappa shape index (κ2) is 7.53. The average molecular weight is 354 g/mol. The highest BCUT2D eigenvalue weighted by Crippen LogP contribution is 2.32. The number of hydrogen-bond donors (Lipinski definition) is 1. The van der Waals surface area contributed by atoms with E-state index in [-0.39, 0.29) is 16.2 Å². The van der Waals surface area contributed by atoms with E-state index in [1.807, 2.05) is 0 Å². The van der Waals surface area contributed by atoms with E-state index in [4.69, 9.17) is 10.5 Å². The second-order valence-corrected chi connectivity index (χ2v) is 8.34. The first kappa shape index (κ1) is 18.7. The standard InChI is InChI=1S/C17H26N2O4S/c1-4-19-8-6-7-13(19)9-12-10-14(24(21,22)5-2)11-15(17(18)20)16(12)23-3/h10-11,13H,4-9H2,1-3H3,(H2,18,20). The molecule has 0 aromatic heterocycles. The molecule has 1 fully saturated rings. The Morgan fingerprint density at radius 3 is 2.62 bits per heavy atom. The fourth-order valence-electron chi connectivity index (χ4n) is 3.38. The average Bonchev–Trinajstić information content (AvgIpc) is 3.01. The van der Waals surface area contributed by atoms with Gasteiger partial charge in [0.05, 0.1) is 23.3 Å². The summed E-state index contributed by atoms with van der Waals surface area (Å²) in [5.74, 6) is -0.317. The molecule has 1 aromatic rings. The van der Waals surface area contributed by atoms with Gasteiger partial charge in [-0.05, 0) is 50.0 Å². The van der Waals surface area contributed by atoms with Crippen LogP contribution in [0.1, 0.15) is 42.6 Å². The summed E-state index contributed by atoms with van der Waals surface area (Å²) in [6.45, 7) is 5.68. The van der Waals surface area contributed by atoms with Gasteiger partial charge in [0.1, 0.15) is 5.75 Å². The van der Waals surface area contributed by atoms with Gasteiger partial charge >= 0.3 is 0 Å². The molecule has 1 saturated heterocycles. The molecule has 0 radical (unpaired) electrons. The highest BCUT2D eigenvalue weighted by atomic mass is 32.2. The summed E-state index contributed by atoms with van der Waals surface area (Å²) < 4.78 is 30.0. The molecule has 1 aromatic carbocycles. The predicted molar refractivity (Wildman–Crippen MR) is 93.2 cm³/mol. The largest absolute Gasteiger partial charge is 0.496 e. The molecular weight excluding hydrogens is 328 g/mol. The zero-order chi connectivity index (χ0) is 17.9. The van der Waals surface area contributed by atoms with Crippen LogP contribution in [0.15, 0.2) is 17.0 Å². The van der Waals surface area contributed by atoms with Crippen LogP contribution in [-0.2, 0) is 16.3 Å². The van der Waals surface area contributed by atoms with Crippen LogP contribution in [0, 0.1) is 0 Å². The summed E-state index contributed by atoms with van der Waals surface area (Å²) in [4.78, 5) is 14.3. The minimum Gasteiger partial charge on any atom is -0.496 e. The quantitative estimate of drug-likeness (QED) is 0.803. The minimum absolute atomic E-state index is 0.0263. The van der Waals surface area contributed by atoms with E-state index in [2.05, 4.69) is 11.8 Å². The Morgan fingerprint density at radius 2 is 2.08 bits per heavy atom. The molecule has 0 bridgehead atoms. The number of sulfone groups is 1. The lowest BCUT2D eigenvalue weighted by Gasteiger charge is -2.24. The summed E-state index contributed by atoms with van der Waals surface area (Å²) in [5, 5.41) is 0. The van der Waals surface area contributed by atoms with Gasteiger partial charge in [0, 0.05) is 6.04 Å². The van der Waals surface area contributed by atoms with Gasteiger partial charge in [-0.2, -0.15) is 0 Å². The van der Waals surface area contributed by atoms with E-state index in [9.17, 15) is 13.2 Å². The summed E-state index contributed by atoms with van der Waals surface area (Å²) in [5.41, 5.74) is 6.31. The van der Waals surface area contributed by atoms with Crippen LogP contribution in [0.4, 0.5) is 0 Å². The zero-order valence-electron chi connectivity index (χ0n) is 14.5. The molecule has 6 nitrogen and oxygen atoms in total. The van der Waals surface area contributed by atoms with Gasteiger partial charge < -0.3 is 15.4 Å². The lowest BCUT2D eigenvalue weighted by molar-refractivity contribution is 0.0997. The van der Waals surface area contributed by atoms with Crippen molar-refractivity contribution in [3.8, 4) is 5.75 Å². The van der Waals surface area contributed by atoms with Gasteiger partial charge in [0.25, 0.3) is 5.91 Å². The number of primary amides is 1. The lowest BCUT2D eigenvalue weighted by atomic mass is 10.00. The SMILES string of the molecule is CCN1CCCC1Cc1cc(S(=O)(=O)CC)cc(C(N)=O)c1OC. The number of ether oxygens (including phenoxy) is 1. The van der Waals surface area contributed by atoms with Crippen LogP contribution in [0.5, 0.6) is 5.75 Å². The summed E-state index contributed by atoms with van der Waals surface area (Å²) in [6.07, 6.45) is 2.81. The number of hydrogen-bond acceptors (Lipinski definition) is 5. The second-order valence-electron chi connectivity index (χ2n) is 6.06. The van der Waals surface area contributed by atoms with Gasteiger partial charge in [0.15, 0.2) is 9.84 Å². The highest BCUT2D eigenvalue weighted by Gasteiger charge is 2.27. The zero-order valence-corrected chi connectivity index (χ0v) is 15.4. The van der Waals surface area contributed by atoms with Crippen LogP contribution in [0.2, 0.25) is 0 Å². The lowest BCUT2D eigenvalue weighted by Crippen LogP contribution is -2.31. The first-order chi connectivity index (χ1) is 11.3. The van der Waals surface area contributed by atoms with E-state index < -0.39 is 15.7 Å². The highest BCUT2D eigenvalue weighted by molar-refractivity contribution is 7.91. The van der Waals surface area contributed by atoms with Gasteiger partial charge in [-0.1, -0.05) is 13.8 Å².